The molecule has 1 aliphatic carbocycles. The fourth-order valence-electron chi connectivity index (χ4n) is 3.58. The zero-order valence-electron chi connectivity index (χ0n) is 12.9. The molecule has 0 amide bonds. The summed E-state index contributed by atoms with van der Waals surface area (Å²) < 4.78 is 0. The van der Waals surface area contributed by atoms with Crippen molar-refractivity contribution in [2.45, 2.75) is 65.9 Å². The fraction of sp³-hybridized carbons (Fsp3) is 0.667. The van der Waals surface area contributed by atoms with Crippen LogP contribution in [0, 0.1) is 32.6 Å². The van der Waals surface area contributed by atoms with Gasteiger partial charge in [-0.05, 0) is 68.6 Å². The Bertz CT molecular complexity index is 404. The van der Waals surface area contributed by atoms with E-state index in [0.29, 0.717) is 5.92 Å². The van der Waals surface area contributed by atoms with Crippen LogP contribution in [0.25, 0.3) is 0 Å². The highest BCUT2D eigenvalue weighted by Crippen LogP contribution is 2.32. The fourth-order valence-corrected chi connectivity index (χ4v) is 3.58. The molecule has 0 bridgehead atoms. The summed E-state index contributed by atoms with van der Waals surface area (Å²) in [6, 6.07) is 4.47. The Labute approximate surface area is 118 Å². The molecular weight excluding hydrogens is 232 g/mol. The van der Waals surface area contributed by atoms with Crippen molar-refractivity contribution in [3.05, 3.63) is 34.4 Å². The minimum absolute atomic E-state index is 0.160. The van der Waals surface area contributed by atoms with E-state index in [4.69, 9.17) is 0 Å². The van der Waals surface area contributed by atoms with Crippen LogP contribution in [-0.2, 0) is 6.42 Å². The molecule has 1 saturated carbocycles. The largest absolute Gasteiger partial charge is 0.392 e. The lowest BCUT2D eigenvalue weighted by Gasteiger charge is -2.30. The number of hydrogen-bond acceptors (Lipinski definition) is 1. The Morgan fingerprint density at radius 1 is 1.05 bits per heavy atom. The third kappa shape index (κ3) is 3.60. The van der Waals surface area contributed by atoms with E-state index in [1.165, 1.54) is 47.9 Å². The van der Waals surface area contributed by atoms with Crippen molar-refractivity contribution in [3.63, 3.8) is 0 Å². The van der Waals surface area contributed by atoms with E-state index in [1.807, 2.05) is 0 Å². The number of rotatable bonds is 3. The Hall–Kier alpha value is -0.820. The number of hydrogen-bond donors (Lipinski definition) is 1. The average molecular weight is 260 g/mol. The van der Waals surface area contributed by atoms with E-state index in [2.05, 4.69) is 39.8 Å². The minimum Gasteiger partial charge on any atom is -0.392 e. The van der Waals surface area contributed by atoms with Crippen LogP contribution in [-0.4, -0.2) is 11.2 Å². The summed E-state index contributed by atoms with van der Waals surface area (Å²) in [5, 5.41) is 10.5. The van der Waals surface area contributed by atoms with Crippen LogP contribution in [0.4, 0.5) is 0 Å². The highest BCUT2D eigenvalue weighted by molar-refractivity contribution is 5.37. The van der Waals surface area contributed by atoms with Crippen LogP contribution in [0.2, 0.25) is 0 Å². The number of benzene rings is 1. The molecule has 19 heavy (non-hydrogen) atoms. The van der Waals surface area contributed by atoms with E-state index >= 15 is 0 Å². The molecule has 0 radical (unpaired) electrons. The van der Waals surface area contributed by atoms with Gasteiger partial charge in [0.25, 0.3) is 0 Å². The van der Waals surface area contributed by atoms with Crippen molar-refractivity contribution in [2.75, 3.05) is 0 Å². The minimum atomic E-state index is -0.160. The standard InChI is InChI=1S/C18H28O/c1-12-5-7-16(8-6-12)18(19)11-17-14(3)9-13(2)10-15(17)4/h9-10,12,16,18-19H,5-8,11H2,1-4H3. The molecule has 1 aromatic carbocycles. The molecule has 1 heteroatoms. The van der Waals surface area contributed by atoms with Gasteiger partial charge in [-0.25, -0.2) is 0 Å². The van der Waals surface area contributed by atoms with Gasteiger partial charge in [-0.15, -0.1) is 0 Å². The maximum atomic E-state index is 10.5. The zero-order chi connectivity index (χ0) is 14.0. The first-order valence-corrected chi connectivity index (χ1v) is 7.72. The van der Waals surface area contributed by atoms with Crippen molar-refractivity contribution < 1.29 is 5.11 Å². The van der Waals surface area contributed by atoms with Crippen molar-refractivity contribution in [1.82, 2.24) is 0 Å². The quantitative estimate of drug-likeness (QED) is 0.857. The normalized spacial score (nSPS) is 25.3. The van der Waals surface area contributed by atoms with Crippen LogP contribution in [0.3, 0.4) is 0 Å². The predicted octanol–water partition coefficient (Wildman–Crippen LogP) is 4.34. The first-order chi connectivity index (χ1) is 8.97. The monoisotopic (exact) mass is 260 g/mol. The van der Waals surface area contributed by atoms with Gasteiger partial charge >= 0.3 is 0 Å². The zero-order valence-corrected chi connectivity index (χ0v) is 12.9. The molecule has 0 heterocycles. The van der Waals surface area contributed by atoms with Crippen molar-refractivity contribution in [1.29, 1.82) is 0 Å². The van der Waals surface area contributed by atoms with Gasteiger partial charge in [-0.3, -0.25) is 0 Å². The molecule has 1 nitrogen and oxygen atoms in total. The van der Waals surface area contributed by atoms with E-state index in [9.17, 15) is 5.11 Å². The smallest absolute Gasteiger partial charge is 0.0608 e. The summed E-state index contributed by atoms with van der Waals surface area (Å²) in [5.41, 5.74) is 5.35. The van der Waals surface area contributed by atoms with Gasteiger partial charge < -0.3 is 5.11 Å². The number of aryl methyl sites for hydroxylation is 3. The third-order valence-corrected chi connectivity index (χ3v) is 4.86. The SMILES string of the molecule is Cc1cc(C)c(CC(O)C2CCC(C)CC2)c(C)c1. The van der Waals surface area contributed by atoms with E-state index < -0.39 is 0 Å². The molecule has 2 rings (SSSR count). The van der Waals surface area contributed by atoms with E-state index in [1.54, 1.807) is 0 Å². The Kier molecular flexibility index (Phi) is 4.67. The summed E-state index contributed by atoms with van der Waals surface area (Å²) in [5.74, 6) is 1.36. The second-order valence-corrected chi connectivity index (χ2v) is 6.67. The molecule has 1 fully saturated rings. The third-order valence-electron chi connectivity index (χ3n) is 4.86. The van der Waals surface area contributed by atoms with Crippen LogP contribution < -0.4 is 0 Å². The topological polar surface area (TPSA) is 20.2 Å². The van der Waals surface area contributed by atoms with E-state index in [-0.39, 0.29) is 6.10 Å². The number of aliphatic hydroxyl groups is 1. The summed E-state index contributed by atoms with van der Waals surface area (Å²) in [4.78, 5) is 0. The van der Waals surface area contributed by atoms with Gasteiger partial charge in [0, 0.05) is 0 Å². The van der Waals surface area contributed by atoms with Gasteiger partial charge in [0.2, 0.25) is 0 Å². The Morgan fingerprint density at radius 2 is 1.58 bits per heavy atom. The molecule has 0 saturated heterocycles. The Morgan fingerprint density at radius 3 is 2.11 bits per heavy atom. The molecule has 0 spiro atoms. The van der Waals surface area contributed by atoms with Crippen LogP contribution >= 0.6 is 0 Å². The lowest BCUT2D eigenvalue weighted by atomic mass is 9.78. The maximum absolute atomic E-state index is 10.5. The molecule has 0 aromatic heterocycles. The molecule has 1 unspecified atom stereocenters. The Balaban J connectivity index is 2.04. The summed E-state index contributed by atoms with van der Waals surface area (Å²) in [6.45, 7) is 8.82. The van der Waals surface area contributed by atoms with Crippen molar-refractivity contribution in [3.8, 4) is 0 Å². The molecule has 1 atom stereocenters. The molecule has 1 aliphatic rings. The first kappa shape index (κ1) is 14.6. The van der Waals surface area contributed by atoms with Crippen molar-refractivity contribution >= 4 is 0 Å². The second-order valence-electron chi connectivity index (χ2n) is 6.67. The summed E-state index contributed by atoms with van der Waals surface area (Å²) in [6.07, 6.45) is 5.64. The molecule has 1 N–H and O–H groups in total. The molecule has 106 valence electrons. The van der Waals surface area contributed by atoms with Crippen LogP contribution in [0.15, 0.2) is 12.1 Å². The summed E-state index contributed by atoms with van der Waals surface area (Å²) in [7, 11) is 0. The highest BCUT2D eigenvalue weighted by atomic mass is 16.3. The second kappa shape index (κ2) is 6.09. The van der Waals surface area contributed by atoms with Gasteiger partial charge in [0.05, 0.1) is 6.10 Å². The maximum Gasteiger partial charge on any atom is 0.0608 e. The lowest BCUT2D eigenvalue weighted by Crippen LogP contribution is -2.27. The van der Waals surface area contributed by atoms with Gasteiger partial charge in [0.15, 0.2) is 0 Å². The van der Waals surface area contributed by atoms with E-state index in [0.717, 1.165) is 12.3 Å². The predicted molar refractivity (Wildman–Crippen MR) is 81.5 cm³/mol. The van der Waals surface area contributed by atoms with Gasteiger partial charge in [0.1, 0.15) is 0 Å². The van der Waals surface area contributed by atoms with Crippen molar-refractivity contribution in [2.24, 2.45) is 11.8 Å². The molecular formula is C18H28O. The number of aliphatic hydroxyl groups excluding tert-OH is 1. The van der Waals surface area contributed by atoms with Crippen LogP contribution in [0.1, 0.15) is 54.9 Å². The highest BCUT2D eigenvalue weighted by Gasteiger charge is 2.25. The lowest BCUT2D eigenvalue weighted by molar-refractivity contribution is 0.0758. The first-order valence-electron chi connectivity index (χ1n) is 7.72. The summed E-state index contributed by atoms with van der Waals surface area (Å²) >= 11 is 0. The molecule has 0 aliphatic heterocycles. The van der Waals surface area contributed by atoms with Gasteiger partial charge in [-0.1, -0.05) is 37.5 Å². The van der Waals surface area contributed by atoms with Crippen LogP contribution in [0.5, 0.6) is 0 Å². The van der Waals surface area contributed by atoms with Gasteiger partial charge in [-0.2, -0.15) is 0 Å². The average Bonchev–Trinajstić information content (AvgIpc) is 2.34. The molecule has 1 aromatic rings.